The number of hydrogen-bond donors (Lipinski definition) is 2. The van der Waals surface area contributed by atoms with Crippen molar-refractivity contribution in [3.8, 4) is 23.0 Å². The number of hydrogen-bond acceptors (Lipinski definition) is 7. The number of nitrogens with one attached hydrogen (secondary N) is 2. The van der Waals surface area contributed by atoms with Gasteiger partial charge in [-0.05, 0) is 77.2 Å². The average Bonchev–Trinajstić information content (AvgIpc) is 3.40. The maximum Gasteiger partial charge on any atom is 0.262 e. The van der Waals surface area contributed by atoms with Gasteiger partial charge < -0.3 is 24.3 Å². The molecule has 2 N–H and O–H groups in total. The van der Waals surface area contributed by atoms with E-state index in [1.807, 2.05) is 58.0 Å². The molecule has 1 unspecified atom stereocenters. The van der Waals surface area contributed by atoms with E-state index in [-0.39, 0.29) is 12.7 Å². The summed E-state index contributed by atoms with van der Waals surface area (Å²) < 4.78 is 23.2. The number of amides is 2. The molecule has 0 spiro atoms. The zero-order valence-electron chi connectivity index (χ0n) is 22.8. The second-order valence-electron chi connectivity index (χ2n) is 9.53. The van der Waals surface area contributed by atoms with E-state index in [1.54, 1.807) is 24.3 Å². The van der Waals surface area contributed by atoms with Crippen molar-refractivity contribution < 1.29 is 28.5 Å². The van der Waals surface area contributed by atoms with Gasteiger partial charge in [0.2, 0.25) is 6.79 Å². The molecular weight excluding hydrogens is 578 g/mol. The van der Waals surface area contributed by atoms with E-state index in [1.165, 1.54) is 11.8 Å². The Morgan fingerprint density at radius 3 is 2.52 bits per heavy atom. The summed E-state index contributed by atoms with van der Waals surface area (Å²) >= 11 is 3.57. The molecule has 1 aliphatic heterocycles. The maximum atomic E-state index is 12.9. The van der Waals surface area contributed by atoms with Crippen LogP contribution in [0, 0.1) is 12.8 Å². The van der Waals surface area contributed by atoms with E-state index >= 15 is 0 Å². The van der Waals surface area contributed by atoms with Gasteiger partial charge >= 0.3 is 0 Å². The number of ether oxygens (including phenoxy) is 4. The zero-order valence-corrected chi connectivity index (χ0v) is 24.4. The molecule has 3 aromatic carbocycles. The molecule has 0 radical (unpaired) electrons. The zero-order chi connectivity index (χ0) is 28.6. The van der Waals surface area contributed by atoms with Gasteiger partial charge in [0, 0.05) is 5.56 Å². The van der Waals surface area contributed by atoms with Crippen LogP contribution in [0.5, 0.6) is 23.0 Å². The van der Waals surface area contributed by atoms with Gasteiger partial charge in [0.1, 0.15) is 12.6 Å². The monoisotopic (exact) mass is 609 g/mol. The first-order valence-corrected chi connectivity index (χ1v) is 13.7. The topological polar surface area (TPSA) is 107 Å². The van der Waals surface area contributed by atoms with Crippen LogP contribution in [0.2, 0.25) is 0 Å². The Kier molecular flexibility index (Phi) is 9.65. The van der Waals surface area contributed by atoms with E-state index < -0.39 is 17.9 Å². The molecule has 1 atom stereocenters. The first-order chi connectivity index (χ1) is 19.2. The second kappa shape index (κ2) is 13.3. The van der Waals surface area contributed by atoms with E-state index in [2.05, 4.69) is 31.8 Å². The molecule has 2 amide bonds. The number of aryl methyl sites for hydroxylation is 1. The van der Waals surface area contributed by atoms with Crippen molar-refractivity contribution in [3.05, 3.63) is 81.3 Å². The Balaban J connectivity index is 1.40. The van der Waals surface area contributed by atoms with Gasteiger partial charge in [0.05, 0.1) is 17.3 Å². The van der Waals surface area contributed by atoms with Crippen LogP contribution in [0.1, 0.15) is 47.8 Å². The van der Waals surface area contributed by atoms with E-state index in [4.69, 9.17) is 18.9 Å². The van der Waals surface area contributed by atoms with Crippen molar-refractivity contribution in [2.24, 2.45) is 11.0 Å². The normalized spacial score (nSPS) is 12.8. The van der Waals surface area contributed by atoms with Crippen LogP contribution in [0.25, 0.3) is 0 Å². The molecular formula is C30H32BrN3O6. The summed E-state index contributed by atoms with van der Waals surface area (Å²) in [4.78, 5) is 25.8. The van der Waals surface area contributed by atoms with E-state index in [0.29, 0.717) is 51.8 Å². The highest BCUT2D eigenvalue weighted by Gasteiger charge is 2.25. The summed E-state index contributed by atoms with van der Waals surface area (Å²) in [5.74, 6) is 1.17. The van der Waals surface area contributed by atoms with Gasteiger partial charge in [0.15, 0.2) is 23.0 Å². The molecule has 9 nitrogen and oxygen atoms in total. The second-order valence-corrected chi connectivity index (χ2v) is 10.4. The van der Waals surface area contributed by atoms with Gasteiger partial charge in [-0.2, -0.15) is 5.10 Å². The van der Waals surface area contributed by atoms with Gasteiger partial charge in [0.25, 0.3) is 11.8 Å². The third kappa shape index (κ3) is 7.32. The quantitative estimate of drug-likeness (QED) is 0.224. The molecule has 3 aromatic rings. The van der Waals surface area contributed by atoms with Gasteiger partial charge in [-0.15, -0.1) is 0 Å². The fourth-order valence-electron chi connectivity index (χ4n) is 3.94. The summed E-state index contributed by atoms with van der Waals surface area (Å²) in [5.41, 5.74) is 5.80. The van der Waals surface area contributed by atoms with Crippen molar-refractivity contribution in [1.29, 1.82) is 0 Å². The summed E-state index contributed by atoms with van der Waals surface area (Å²) in [7, 11) is 0. The van der Waals surface area contributed by atoms with E-state index in [9.17, 15) is 9.59 Å². The Labute approximate surface area is 242 Å². The Hall–Kier alpha value is -4.05. The highest BCUT2D eigenvalue weighted by atomic mass is 79.9. The number of nitrogens with zero attached hydrogens (tertiary/aromatic N) is 1. The summed E-state index contributed by atoms with van der Waals surface area (Å²) in [6, 6.07) is 15.8. The summed E-state index contributed by atoms with van der Waals surface area (Å²) in [6.07, 6.45) is 1.51. The van der Waals surface area contributed by atoms with E-state index in [0.717, 1.165) is 5.56 Å². The van der Waals surface area contributed by atoms with Crippen LogP contribution in [0.4, 0.5) is 0 Å². The standard InChI is InChI=1S/C30H32BrN3O6/c1-5-37-26-13-21(12-23(31)28(26)38-16-20-8-6-19(4)7-9-20)15-32-34-30(36)27(18(2)3)33-29(35)22-10-11-24-25(14-22)40-17-39-24/h6-15,18,27H,5,16-17H2,1-4H3,(H,33,35)(H,34,36). The fourth-order valence-corrected chi connectivity index (χ4v) is 4.52. The number of rotatable bonds is 11. The predicted molar refractivity (Wildman–Crippen MR) is 155 cm³/mol. The van der Waals surface area contributed by atoms with Gasteiger partial charge in [-0.3, -0.25) is 9.59 Å². The minimum atomic E-state index is -0.807. The first kappa shape index (κ1) is 28.9. The number of fused-ring (bicyclic) bond motifs is 1. The summed E-state index contributed by atoms with van der Waals surface area (Å²) in [5, 5.41) is 6.90. The molecule has 1 aliphatic rings. The molecule has 40 heavy (non-hydrogen) atoms. The molecule has 0 saturated heterocycles. The number of halogens is 1. The third-order valence-corrected chi connectivity index (χ3v) is 6.68. The lowest BCUT2D eigenvalue weighted by Gasteiger charge is -2.20. The number of carbonyl (C=O) groups is 2. The van der Waals surface area contributed by atoms with Crippen molar-refractivity contribution in [1.82, 2.24) is 10.7 Å². The van der Waals surface area contributed by atoms with Crippen molar-refractivity contribution in [3.63, 3.8) is 0 Å². The smallest absolute Gasteiger partial charge is 0.262 e. The number of benzene rings is 3. The molecule has 10 heteroatoms. The summed E-state index contributed by atoms with van der Waals surface area (Å²) in [6.45, 7) is 8.56. The Morgan fingerprint density at radius 2 is 1.80 bits per heavy atom. The average molecular weight is 611 g/mol. The molecule has 0 aromatic heterocycles. The number of hydrazone groups is 1. The predicted octanol–water partition coefficient (Wildman–Crippen LogP) is 5.37. The van der Waals surface area contributed by atoms with Crippen LogP contribution in [0.3, 0.4) is 0 Å². The van der Waals surface area contributed by atoms with Crippen LogP contribution in [-0.2, 0) is 11.4 Å². The van der Waals surface area contributed by atoms with Crippen LogP contribution >= 0.6 is 15.9 Å². The van der Waals surface area contributed by atoms with Crippen molar-refractivity contribution >= 4 is 34.0 Å². The Morgan fingerprint density at radius 1 is 1.05 bits per heavy atom. The SMILES string of the molecule is CCOc1cc(C=NNC(=O)C(NC(=O)c2ccc3c(c2)OCO3)C(C)C)cc(Br)c1OCc1ccc(C)cc1. The van der Waals surface area contributed by atoms with Crippen molar-refractivity contribution in [2.45, 2.75) is 40.3 Å². The lowest BCUT2D eigenvalue weighted by molar-refractivity contribution is -0.123. The van der Waals surface area contributed by atoms with Crippen molar-refractivity contribution in [2.75, 3.05) is 13.4 Å². The molecule has 4 rings (SSSR count). The fraction of sp³-hybridized carbons (Fsp3) is 0.300. The molecule has 0 aliphatic carbocycles. The van der Waals surface area contributed by atoms with Crippen LogP contribution < -0.4 is 29.7 Å². The lowest BCUT2D eigenvalue weighted by Crippen LogP contribution is -2.48. The largest absolute Gasteiger partial charge is 0.490 e. The first-order valence-electron chi connectivity index (χ1n) is 12.9. The Bertz CT molecular complexity index is 1390. The molecule has 0 saturated carbocycles. The lowest BCUT2D eigenvalue weighted by atomic mass is 10.0. The third-order valence-electron chi connectivity index (χ3n) is 6.09. The highest BCUT2D eigenvalue weighted by molar-refractivity contribution is 9.10. The minimum Gasteiger partial charge on any atom is -0.490 e. The van der Waals surface area contributed by atoms with Gasteiger partial charge in [-0.1, -0.05) is 43.7 Å². The minimum absolute atomic E-state index is 0.112. The number of carbonyl (C=O) groups excluding carboxylic acids is 2. The van der Waals surface area contributed by atoms with Crippen LogP contribution in [-0.4, -0.2) is 37.5 Å². The molecule has 0 fully saturated rings. The molecule has 0 bridgehead atoms. The molecule has 210 valence electrons. The maximum absolute atomic E-state index is 12.9. The van der Waals surface area contributed by atoms with Gasteiger partial charge in [-0.25, -0.2) is 5.43 Å². The highest BCUT2D eigenvalue weighted by Crippen LogP contribution is 2.37. The molecule has 1 heterocycles. The van der Waals surface area contributed by atoms with Crippen LogP contribution in [0.15, 0.2) is 64.2 Å².